The van der Waals surface area contributed by atoms with E-state index in [1.54, 1.807) is 6.07 Å². The molecule has 0 aliphatic carbocycles. The molecule has 1 amide bonds. The molecule has 21 heavy (non-hydrogen) atoms. The summed E-state index contributed by atoms with van der Waals surface area (Å²) >= 11 is 5.96. The molecule has 0 aromatic heterocycles. The van der Waals surface area contributed by atoms with Gasteiger partial charge in [-0.15, -0.1) is 0 Å². The fourth-order valence-corrected chi connectivity index (χ4v) is 1.85. The monoisotopic (exact) mass is 304 g/mol. The van der Waals surface area contributed by atoms with Crippen molar-refractivity contribution in [3.05, 3.63) is 58.4 Å². The van der Waals surface area contributed by atoms with Crippen LogP contribution < -0.4 is 10.1 Å². The highest BCUT2D eigenvalue weighted by Crippen LogP contribution is 2.24. The molecule has 0 heterocycles. The lowest BCUT2D eigenvalue weighted by Crippen LogP contribution is -2.12. The minimum atomic E-state index is -0.557. The Morgan fingerprint density at radius 3 is 2.76 bits per heavy atom. The lowest BCUT2D eigenvalue weighted by Gasteiger charge is -2.09. The Bertz CT molecular complexity index is 741. The molecule has 2 aromatic rings. The van der Waals surface area contributed by atoms with E-state index in [1.165, 1.54) is 31.4 Å². The Morgan fingerprint density at radius 2 is 2.10 bits per heavy atom. The summed E-state index contributed by atoms with van der Waals surface area (Å²) < 4.78 is 18.1. The van der Waals surface area contributed by atoms with Crippen molar-refractivity contribution in [1.82, 2.24) is 0 Å². The Morgan fingerprint density at radius 1 is 1.33 bits per heavy atom. The summed E-state index contributed by atoms with van der Waals surface area (Å²) in [7, 11) is 1.31. The molecule has 106 valence electrons. The highest BCUT2D eigenvalue weighted by molar-refractivity contribution is 6.34. The van der Waals surface area contributed by atoms with Crippen LogP contribution in [0.15, 0.2) is 36.4 Å². The lowest BCUT2D eigenvalue weighted by atomic mass is 10.1. The van der Waals surface area contributed by atoms with Gasteiger partial charge in [0, 0.05) is 5.56 Å². The fraction of sp³-hybridized carbons (Fsp3) is 0.0667. The number of nitrogens with zero attached hydrogens (tertiary/aromatic N) is 1. The molecule has 0 aliphatic heterocycles. The number of rotatable bonds is 3. The SMILES string of the molecule is COc1cc(C(=O)Nc2cc(C#N)ccc2Cl)ccc1F. The van der Waals surface area contributed by atoms with Gasteiger partial charge in [-0.2, -0.15) is 5.26 Å². The zero-order valence-electron chi connectivity index (χ0n) is 11.0. The number of anilines is 1. The van der Waals surface area contributed by atoms with Crippen LogP contribution in [-0.2, 0) is 0 Å². The molecule has 1 N–H and O–H groups in total. The van der Waals surface area contributed by atoms with E-state index in [0.717, 1.165) is 6.07 Å². The second kappa shape index (κ2) is 6.25. The first kappa shape index (κ1) is 14.8. The van der Waals surface area contributed by atoms with Crippen LogP contribution in [0.3, 0.4) is 0 Å². The van der Waals surface area contributed by atoms with Gasteiger partial charge in [0.05, 0.1) is 29.5 Å². The molecule has 0 atom stereocenters. The molecule has 0 fully saturated rings. The van der Waals surface area contributed by atoms with Crippen molar-refractivity contribution < 1.29 is 13.9 Å². The van der Waals surface area contributed by atoms with Crippen molar-refractivity contribution in [2.24, 2.45) is 0 Å². The third kappa shape index (κ3) is 3.30. The summed E-state index contributed by atoms with van der Waals surface area (Å²) in [6, 6.07) is 10.2. The second-order valence-corrected chi connectivity index (χ2v) is 4.52. The largest absolute Gasteiger partial charge is 0.494 e. The summed E-state index contributed by atoms with van der Waals surface area (Å²) in [6.45, 7) is 0. The van der Waals surface area contributed by atoms with Crippen molar-refractivity contribution in [3.8, 4) is 11.8 Å². The molecular formula is C15H10ClFN2O2. The van der Waals surface area contributed by atoms with Crippen LogP contribution in [0.2, 0.25) is 5.02 Å². The lowest BCUT2D eigenvalue weighted by molar-refractivity contribution is 0.102. The minimum absolute atomic E-state index is 0.0282. The number of carbonyl (C=O) groups excluding carboxylic acids is 1. The molecule has 0 bridgehead atoms. The Labute approximate surface area is 125 Å². The summed E-state index contributed by atoms with van der Waals surface area (Å²) in [4.78, 5) is 12.1. The first-order valence-corrected chi connectivity index (χ1v) is 6.27. The van der Waals surface area contributed by atoms with Crippen LogP contribution >= 0.6 is 11.6 Å². The molecule has 0 radical (unpaired) electrons. The quantitative estimate of drug-likeness (QED) is 0.942. The van der Waals surface area contributed by atoms with E-state index in [-0.39, 0.29) is 11.3 Å². The first-order valence-electron chi connectivity index (χ1n) is 5.89. The number of nitrogens with one attached hydrogen (secondary N) is 1. The third-order valence-electron chi connectivity index (χ3n) is 2.76. The van der Waals surface area contributed by atoms with E-state index < -0.39 is 11.7 Å². The van der Waals surface area contributed by atoms with Gasteiger partial charge in [-0.3, -0.25) is 4.79 Å². The molecular weight excluding hydrogens is 295 g/mol. The van der Waals surface area contributed by atoms with Crippen LogP contribution in [0.4, 0.5) is 10.1 Å². The van der Waals surface area contributed by atoms with E-state index in [9.17, 15) is 9.18 Å². The summed E-state index contributed by atoms with van der Waals surface area (Å²) in [6.07, 6.45) is 0. The van der Waals surface area contributed by atoms with Gasteiger partial charge in [-0.1, -0.05) is 11.6 Å². The molecule has 0 unspecified atom stereocenters. The summed E-state index contributed by atoms with van der Waals surface area (Å²) in [5.74, 6) is -1.07. The van der Waals surface area contributed by atoms with E-state index in [2.05, 4.69) is 5.32 Å². The topological polar surface area (TPSA) is 62.1 Å². The van der Waals surface area contributed by atoms with Gasteiger partial charge in [0.2, 0.25) is 0 Å². The third-order valence-corrected chi connectivity index (χ3v) is 3.09. The van der Waals surface area contributed by atoms with Crippen molar-refractivity contribution in [2.45, 2.75) is 0 Å². The van der Waals surface area contributed by atoms with Gasteiger partial charge in [0.1, 0.15) is 0 Å². The average molecular weight is 305 g/mol. The van der Waals surface area contributed by atoms with Crippen LogP contribution in [0.5, 0.6) is 5.75 Å². The van der Waals surface area contributed by atoms with Crippen molar-refractivity contribution in [2.75, 3.05) is 12.4 Å². The van der Waals surface area contributed by atoms with E-state index >= 15 is 0 Å². The number of nitriles is 1. The molecule has 6 heteroatoms. The molecule has 0 saturated carbocycles. The number of ether oxygens (including phenoxy) is 1. The zero-order valence-corrected chi connectivity index (χ0v) is 11.7. The molecule has 0 spiro atoms. The highest BCUT2D eigenvalue weighted by Gasteiger charge is 2.12. The number of benzene rings is 2. The number of methoxy groups -OCH3 is 1. The highest BCUT2D eigenvalue weighted by atomic mass is 35.5. The van der Waals surface area contributed by atoms with Gasteiger partial charge in [0.25, 0.3) is 5.91 Å². The average Bonchev–Trinajstić information content (AvgIpc) is 2.49. The normalized spacial score (nSPS) is 9.81. The van der Waals surface area contributed by atoms with E-state index in [1.807, 2.05) is 6.07 Å². The minimum Gasteiger partial charge on any atom is -0.494 e. The smallest absolute Gasteiger partial charge is 0.255 e. The van der Waals surface area contributed by atoms with Crippen molar-refractivity contribution >= 4 is 23.2 Å². The maximum atomic E-state index is 13.3. The maximum Gasteiger partial charge on any atom is 0.255 e. The van der Waals surface area contributed by atoms with Gasteiger partial charge in [-0.05, 0) is 36.4 Å². The molecule has 0 aliphatic rings. The Hall–Kier alpha value is -2.58. The van der Waals surface area contributed by atoms with Gasteiger partial charge in [-0.25, -0.2) is 4.39 Å². The van der Waals surface area contributed by atoms with Crippen LogP contribution in [0, 0.1) is 17.1 Å². The second-order valence-electron chi connectivity index (χ2n) is 4.11. The van der Waals surface area contributed by atoms with Crippen LogP contribution in [0.25, 0.3) is 0 Å². The summed E-state index contributed by atoms with van der Waals surface area (Å²) in [5, 5.41) is 11.7. The maximum absolute atomic E-state index is 13.3. The number of hydrogen-bond acceptors (Lipinski definition) is 3. The number of amides is 1. The predicted molar refractivity (Wildman–Crippen MR) is 77.1 cm³/mol. The van der Waals surface area contributed by atoms with Crippen molar-refractivity contribution in [1.29, 1.82) is 5.26 Å². The Kier molecular flexibility index (Phi) is 4.41. The van der Waals surface area contributed by atoms with Gasteiger partial charge < -0.3 is 10.1 Å². The molecule has 2 aromatic carbocycles. The van der Waals surface area contributed by atoms with Crippen LogP contribution in [-0.4, -0.2) is 13.0 Å². The molecule has 2 rings (SSSR count). The van der Waals surface area contributed by atoms with E-state index in [4.69, 9.17) is 21.6 Å². The Balaban J connectivity index is 2.28. The van der Waals surface area contributed by atoms with Crippen molar-refractivity contribution in [3.63, 3.8) is 0 Å². The number of hydrogen-bond donors (Lipinski definition) is 1. The van der Waals surface area contributed by atoms with Gasteiger partial charge >= 0.3 is 0 Å². The molecule has 4 nitrogen and oxygen atoms in total. The number of carbonyl (C=O) groups is 1. The zero-order chi connectivity index (χ0) is 15.4. The van der Waals surface area contributed by atoms with Crippen LogP contribution in [0.1, 0.15) is 15.9 Å². The fourth-order valence-electron chi connectivity index (χ4n) is 1.69. The van der Waals surface area contributed by atoms with Gasteiger partial charge in [0.15, 0.2) is 11.6 Å². The molecule has 0 saturated heterocycles. The first-order chi connectivity index (χ1) is 10.0. The number of halogens is 2. The van der Waals surface area contributed by atoms with E-state index in [0.29, 0.717) is 16.3 Å². The predicted octanol–water partition coefficient (Wildman–Crippen LogP) is 3.61. The standard InChI is InChI=1S/C15H10ClFN2O2/c1-21-14-7-10(3-5-12(14)17)15(20)19-13-6-9(8-18)2-4-11(13)16/h2-7H,1H3,(H,19,20). The summed E-state index contributed by atoms with van der Waals surface area (Å²) in [5.41, 5.74) is 0.891.